The number of hydrogen-bond donors (Lipinski definition) is 1. The molecule has 0 bridgehead atoms. The van der Waals surface area contributed by atoms with Crippen LogP contribution in [0.2, 0.25) is 0 Å². The first-order valence-electron chi connectivity index (χ1n) is 9.20. The zero-order valence-corrected chi connectivity index (χ0v) is 16.2. The number of H-pyrrole nitrogens is 1. The molecule has 1 aliphatic heterocycles. The van der Waals surface area contributed by atoms with Crippen LogP contribution in [0.15, 0.2) is 33.8 Å². The van der Waals surface area contributed by atoms with Gasteiger partial charge in [0.05, 0.1) is 24.1 Å². The molecule has 1 atom stereocenters. The number of alkyl halides is 3. The summed E-state index contributed by atoms with van der Waals surface area (Å²) in [6.45, 7) is 4.10. The summed E-state index contributed by atoms with van der Waals surface area (Å²) in [6.07, 6.45) is -2.09. The molecule has 3 aromatic heterocycles. The van der Waals surface area contributed by atoms with E-state index in [-0.39, 0.29) is 12.2 Å². The lowest BCUT2D eigenvalue weighted by Crippen LogP contribution is -2.31. The van der Waals surface area contributed by atoms with Crippen LogP contribution in [0, 0.1) is 13.8 Å². The third-order valence-electron chi connectivity index (χ3n) is 4.95. The number of nitrogens with zero attached hydrogens (tertiary/aromatic N) is 4. The molecule has 8 nitrogen and oxygen atoms in total. The third-order valence-corrected chi connectivity index (χ3v) is 4.95. The van der Waals surface area contributed by atoms with E-state index < -0.39 is 23.4 Å². The summed E-state index contributed by atoms with van der Waals surface area (Å²) in [5, 5.41) is 9.30. The summed E-state index contributed by atoms with van der Waals surface area (Å²) < 4.78 is 51.1. The number of hydrogen-bond acceptors (Lipinski definition) is 7. The molecule has 0 spiro atoms. The van der Waals surface area contributed by atoms with E-state index in [1.54, 1.807) is 25.3 Å². The number of aromatic nitrogens is 4. The van der Waals surface area contributed by atoms with Gasteiger partial charge in [0.2, 0.25) is 5.88 Å². The zero-order valence-electron chi connectivity index (χ0n) is 16.2. The van der Waals surface area contributed by atoms with Gasteiger partial charge in [-0.3, -0.25) is 4.79 Å². The summed E-state index contributed by atoms with van der Waals surface area (Å²) in [5.74, 6) is 1.01. The van der Waals surface area contributed by atoms with Gasteiger partial charge in [0.15, 0.2) is 0 Å². The lowest BCUT2D eigenvalue weighted by atomic mass is 10.1. The van der Waals surface area contributed by atoms with Crippen LogP contribution in [0.1, 0.15) is 23.4 Å². The Labute approximate surface area is 168 Å². The molecule has 1 saturated heterocycles. The highest BCUT2D eigenvalue weighted by Gasteiger charge is 2.40. The van der Waals surface area contributed by atoms with Crippen LogP contribution in [-0.2, 0) is 6.18 Å². The number of aryl methyl sites for hydroxylation is 2. The molecule has 1 aliphatic rings. The van der Waals surface area contributed by atoms with Crippen molar-refractivity contribution in [1.82, 2.24) is 20.3 Å². The minimum absolute atomic E-state index is 0.172. The van der Waals surface area contributed by atoms with Crippen molar-refractivity contribution in [1.29, 1.82) is 0 Å². The number of halogens is 3. The van der Waals surface area contributed by atoms with Crippen molar-refractivity contribution < 1.29 is 22.4 Å². The van der Waals surface area contributed by atoms with Gasteiger partial charge in [-0.1, -0.05) is 5.16 Å². The van der Waals surface area contributed by atoms with E-state index in [4.69, 9.17) is 9.26 Å². The van der Waals surface area contributed by atoms with Gasteiger partial charge in [0.1, 0.15) is 17.4 Å². The number of nitrogens with one attached hydrogen (secondary N) is 1. The van der Waals surface area contributed by atoms with E-state index in [0.29, 0.717) is 24.6 Å². The van der Waals surface area contributed by atoms with Crippen LogP contribution in [0.5, 0.6) is 5.88 Å². The van der Waals surface area contributed by atoms with Crippen LogP contribution in [-0.4, -0.2) is 39.5 Å². The Balaban J connectivity index is 1.53. The van der Waals surface area contributed by atoms with Crippen molar-refractivity contribution in [3.63, 3.8) is 0 Å². The SMILES string of the molecule is Cc1noc(C)c1-c1ccnc(O[C@@H]2CCN(c3cn[nH]c(=O)c3C(F)(F)F)C2)c1. The molecule has 4 rings (SSSR count). The molecule has 3 aromatic rings. The Morgan fingerprint density at radius 3 is 2.83 bits per heavy atom. The van der Waals surface area contributed by atoms with E-state index in [1.807, 2.05) is 12.0 Å². The van der Waals surface area contributed by atoms with Gasteiger partial charge in [-0.15, -0.1) is 0 Å². The van der Waals surface area contributed by atoms with Crippen LogP contribution in [0.4, 0.5) is 18.9 Å². The molecule has 30 heavy (non-hydrogen) atoms. The van der Waals surface area contributed by atoms with Crippen LogP contribution in [0.3, 0.4) is 0 Å². The molecule has 0 unspecified atom stereocenters. The minimum Gasteiger partial charge on any atom is -0.472 e. The predicted molar refractivity (Wildman–Crippen MR) is 100 cm³/mol. The average molecular weight is 421 g/mol. The number of ether oxygens (including phenoxy) is 1. The Bertz CT molecular complexity index is 1110. The second-order valence-electron chi connectivity index (χ2n) is 7.01. The highest BCUT2D eigenvalue weighted by molar-refractivity contribution is 5.68. The van der Waals surface area contributed by atoms with Gasteiger partial charge in [-0.25, -0.2) is 10.1 Å². The number of pyridine rings is 1. The fourth-order valence-corrected chi connectivity index (χ4v) is 3.64. The maximum atomic E-state index is 13.3. The van der Waals surface area contributed by atoms with E-state index >= 15 is 0 Å². The summed E-state index contributed by atoms with van der Waals surface area (Å²) in [4.78, 5) is 17.4. The fraction of sp³-hybridized carbons (Fsp3) is 0.368. The highest BCUT2D eigenvalue weighted by atomic mass is 19.4. The largest absolute Gasteiger partial charge is 0.472 e. The van der Waals surface area contributed by atoms with Gasteiger partial charge >= 0.3 is 6.18 Å². The smallest absolute Gasteiger partial charge is 0.423 e. The predicted octanol–water partition coefficient (Wildman–Crippen LogP) is 3.11. The summed E-state index contributed by atoms with van der Waals surface area (Å²) in [5.41, 5.74) is -0.369. The molecule has 158 valence electrons. The Kier molecular flexibility index (Phi) is 4.96. The second kappa shape index (κ2) is 7.47. The normalized spacial score (nSPS) is 16.8. The molecule has 0 aromatic carbocycles. The van der Waals surface area contributed by atoms with Crippen LogP contribution < -0.4 is 15.2 Å². The van der Waals surface area contributed by atoms with E-state index in [0.717, 1.165) is 23.0 Å². The molecule has 0 saturated carbocycles. The first-order chi connectivity index (χ1) is 14.2. The van der Waals surface area contributed by atoms with Crippen molar-refractivity contribution in [2.75, 3.05) is 18.0 Å². The van der Waals surface area contributed by atoms with Gasteiger partial charge in [-0.05, 0) is 25.5 Å². The lowest BCUT2D eigenvalue weighted by Gasteiger charge is -2.21. The van der Waals surface area contributed by atoms with Gasteiger partial charge in [0.25, 0.3) is 5.56 Å². The Hall–Kier alpha value is -3.37. The van der Waals surface area contributed by atoms with Crippen molar-refractivity contribution in [3.05, 3.63) is 51.9 Å². The number of aromatic amines is 1. The quantitative estimate of drug-likeness (QED) is 0.691. The first-order valence-corrected chi connectivity index (χ1v) is 9.20. The monoisotopic (exact) mass is 421 g/mol. The number of rotatable bonds is 4. The van der Waals surface area contributed by atoms with Crippen molar-refractivity contribution in [2.45, 2.75) is 32.5 Å². The van der Waals surface area contributed by atoms with E-state index in [2.05, 4.69) is 15.2 Å². The molecule has 0 amide bonds. The van der Waals surface area contributed by atoms with Crippen LogP contribution >= 0.6 is 0 Å². The summed E-state index contributed by atoms with van der Waals surface area (Å²) >= 11 is 0. The molecular formula is C19H18F3N5O3. The molecule has 1 fully saturated rings. The highest BCUT2D eigenvalue weighted by Crippen LogP contribution is 2.35. The summed E-state index contributed by atoms with van der Waals surface area (Å²) in [6, 6.07) is 3.54. The molecule has 11 heteroatoms. The van der Waals surface area contributed by atoms with Crippen LogP contribution in [0.25, 0.3) is 11.1 Å². The second-order valence-corrected chi connectivity index (χ2v) is 7.01. The molecule has 1 N–H and O–H groups in total. The molecular weight excluding hydrogens is 403 g/mol. The lowest BCUT2D eigenvalue weighted by molar-refractivity contribution is -0.138. The minimum atomic E-state index is -4.78. The number of anilines is 1. The average Bonchev–Trinajstić information content (AvgIpc) is 3.27. The molecule has 0 aliphatic carbocycles. The van der Waals surface area contributed by atoms with E-state index in [9.17, 15) is 18.0 Å². The Morgan fingerprint density at radius 1 is 1.33 bits per heavy atom. The maximum Gasteiger partial charge on any atom is 0.423 e. The maximum absolute atomic E-state index is 13.3. The van der Waals surface area contributed by atoms with Gasteiger partial charge < -0.3 is 14.2 Å². The van der Waals surface area contributed by atoms with Crippen molar-refractivity contribution in [3.8, 4) is 17.0 Å². The third kappa shape index (κ3) is 3.74. The van der Waals surface area contributed by atoms with Crippen molar-refractivity contribution in [2.24, 2.45) is 0 Å². The first kappa shape index (κ1) is 19.9. The standard InChI is InChI=1S/C19H18F3N5O3/c1-10-16(11(2)30-26-10)12-3-5-23-15(7-12)29-13-4-6-27(9-13)14-8-24-25-18(28)17(14)19(20,21)22/h3,5,7-8,13H,4,6,9H2,1-2H3,(H,25,28)/t13-/m1/s1. The molecule has 4 heterocycles. The summed E-state index contributed by atoms with van der Waals surface area (Å²) in [7, 11) is 0. The Morgan fingerprint density at radius 2 is 2.13 bits per heavy atom. The zero-order chi connectivity index (χ0) is 21.5. The van der Waals surface area contributed by atoms with Gasteiger partial charge in [-0.2, -0.15) is 18.3 Å². The molecule has 0 radical (unpaired) electrons. The fourth-order valence-electron chi connectivity index (χ4n) is 3.64. The van der Waals surface area contributed by atoms with Gasteiger partial charge in [0, 0.05) is 30.8 Å². The van der Waals surface area contributed by atoms with E-state index in [1.165, 1.54) is 4.90 Å². The topological polar surface area (TPSA) is 97.1 Å². The van der Waals surface area contributed by atoms with Crippen molar-refractivity contribution >= 4 is 5.69 Å².